The van der Waals surface area contributed by atoms with Crippen molar-refractivity contribution in [3.63, 3.8) is 0 Å². The fourth-order valence-corrected chi connectivity index (χ4v) is 2.11. The van der Waals surface area contributed by atoms with Gasteiger partial charge in [-0.05, 0) is 25.1 Å². The molecule has 0 N–H and O–H groups in total. The molecule has 7 heteroatoms. The van der Waals surface area contributed by atoms with Crippen molar-refractivity contribution >= 4 is 16.8 Å². The van der Waals surface area contributed by atoms with Gasteiger partial charge in [-0.1, -0.05) is 0 Å². The highest BCUT2D eigenvalue weighted by Gasteiger charge is 2.10. The van der Waals surface area contributed by atoms with Crippen LogP contribution in [0, 0.1) is 0 Å². The first-order valence-corrected chi connectivity index (χ1v) is 7.98. The van der Waals surface area contributed by atoms with Gasteiger partial charge in [0, 0.05) is 18.6 Å². The van der Waals surface area contributed by atoms with Crippen LogP contribution < -0.4 is 10.4 Å². The maximum absolute atomic E-state index is 11.7. The molecule has 0 aliphatic rings. The van der Waals surface area contributed by atoms with Gasteiger partial charge in [-0.3, -0.25) is 4.79 Å². The van der Waals surface area contributed by atoms with E-state index in [1.54, 1.807) is 25.3 Å². The number of hydrogen-bond donors (Lipinski definition) is 0. The lowest BCUT2D eigenvalue weighted by Gasteiger charge is -2.08. The Morgan fingerprint density at radius 3 is 2.36 bits per heavy atom. The van der Waals surface area contributed by atoms with Crippen molar-refractivity contribution in [2.75, 3.05) is 46.8 Å². The highest BCUT2D eigenvalue weighted by atomic mass is 16.6. The van der Waals surface area contributed by atoms with E-state index in [0.717, 1.165) is 0 Å². The fraction of sp³-hybridized carbons (Fsp3) is 0.444. The SMILES string of the molecule is COCCOCCOCCOc1ccc2cc(C(C)=O)c(=O)oc2c1. The summed E-state index contributed by atoms with van der Waals surface area (Å²) in [6, 6.07) is 6.64. The number of hydrogen-bond acceptors (Lipinski definition) is 7. The summed E-state index contributed by atoms with van der Waals surface area (Å²) in [4.78, 5) is 23.1. The molecule has 0 unspecified atom stereocenters. The van der Waals surface area contributed by atoms with Crippen molar-refractivity contribution in [3.8, 4) is 5.75 Å². The molecule has 0 saturated carbocycles. The first-order chi connectivity index (χ1) is 12.1. The Morgan fingerprint density at radius 2 is 1.68 bits per heavy atom. The summed E-state index contributed by atoms with van der Waals surface area (Å²) < 4.78 is 26.2. The fourth-order valence-electron chi connectivity index (χ4n) is 2.11. The monoisotopic (exact) mass is 350 g/mol. The average molecular weight is 350 g/mol. The Bertz CT molecular complexity index is 751. The van der Waals surface area contributed by atoms with E-state index < -0.39 is 5.63 Å². The van der Waals surface area contributed by atoms with Crippen LogP contribution in [-0.4, -0.2) is 52.5 Å². The number of rotatable bonds is 11. The van der Waals surface area contributed by atoms with Crippen molar-refractivity contribution < 1.29 is 28.2 Å². The van der Waals surface area contributed by atoms with E-state index in [9.17, 15) is 9.59 Å². The Hall–Kier alpha value is -2.22. The number of fused-ring (bicyclic) bond motifs is 1. The maximum Gasteiger partial charge on any atom is 0.347 e. The molecule has 0 bridgehead atoms. The first-order valence-electron chi connectivity index (χ1n) is 7.98. The minimum Gasteiger partial charge on any atom is -0.491 e. The van der Waals surface area contributed by atoms with Crippen LogP contribution >= 0.6 is 0 Å². The van der Waals surface area contributed by atoms with E-state index in [1.807, 2.05) is 0 Å². The second kappa shape index (κ2) is 9.93. The van der Waals surface area contributed by atoms with E-state index in [-0.39, 0.29) is 11.3 Å². The molecular formula is C18H22O7. The van der Waals surface area contributed by atoms with Gasteiger partial charge in [0.2, 0.25) is 0 Å². The summed E-state index contributed by atoms with van der Waals surface area (Å²) in [5, 5.41) is 0.668. The number of carbonyl (C=O) groups excluding carboxylic acids is 1. The Balaban J connectivity index is 1.79. The molecule has 25 heavy (non-hydrogen) atoms. The van der Waals surface area contributed by atoms with Gasteiger partial charge in [-0.15, -0.1) is 0 Å². The zero-order chi connectivity index (χ0) is 18.1. The Labute approximate surface area is 145 Å². The van der Waals surface area contributed by atoms with Gasteiger partial charge in [0.15, 0.2) is 5.78 Å². The zero-order valence-corrected chi connectivity index (χ0v) is 14.4. The van der Waals surface area contributed by atoms with Gasteiger partial charge in [0.1, 0.15) is 23.5 Å². The van der Waals surface area contributed by atoms with Crippen molar-refractivity contribution in [3.05, 3.63) is 40.2 Å². The number of ketones is 1. The first kappa shape index (κ1) is 19.1. The Morgan fingerprint density at radius 1 is 1.00 bits per heavy atom. The number of ether oxygens (including phenoxy) is 4. The summed E-state index contributed by atoms with van der Waals surface area (Å²) in [5.74, 6) is 0.241. The van der Waals surface area contributed by atoms with E-state index in [0.29, 0.717) is 56.4 Å². The minimum atomic E-state index is -0.644. The molecule has 0 aliphatic carbocycles. The third-order valence-corrected chi connectivity index (χ3v) is 3.39. The molecular weight excluding hydrogens is 328 g/mol. The number of methoxy groups -OCH3 is 1. The summed E-state index contributed by atoms with van der Waals surface area (Å²) >= 11 is 0. The van der Waals surface area contributed by atoms with Gasteiger partial charge >= 0.3 is 5.63 Å². The van der Waals surface area contributed by atoms with Crippen LogP contribution in [0.4, 0.5) is 0 Å². The third kappa shape index (κ3) is 5.97. The molecule has 0 atom stereocenters. The normalized spacial score (nSPS) is 11.0. The minimum absolute atomic E-state index is 0.0438. The van der Waals surface area contributed by atoms with Gasteiger partial charge in [-0.25, -0.2) is 4.79 Å². The van der Waals surface area contributed by atoms with Crippen molar-refractivity contribution in [2.45, 2.75) is 6.92 Å². The summed E-state index contributed by atoms with van der Waals surface area (Å²) in [6.45, 7) is 4.20. The van der Waals surface area contributed by atoms with Crippen molar-refractivity contribution in [1.82, 2.24) is 0 Å². The van der Waals surface area contributed by atoms with Gasteiger partial charge in [0.25, 0.3) is 0 Å². The second-order valence-corrected chi connectivity index (χ2v) is 5.27. The topological polar surface area (TPSA) is 84.2 Å². The molecule has 1 heterocycles. The van der Waals surface area contributed by atoms with E-state index in [4.69, 9.17) is 23.4 Å². The summed E-state index contributed by atoms with van der Waals surface area (Å²) in [6.07, 6.45) is 0. The van der Waals surface area contributed by atoms with Crippen LogP contribution in [0.2, 0.25) is 0 Å². The molecule has 0 spiro atoms. The van der Waals surface area contributed by atoms with Crippen LogP contribution in [0.15, 0.2) is 33.5 Å². The highest BCUT2D eigenvalue weighted by molar-refractivity contribution is 5.96. The van der Waals surface area contributed by atoms with Crippen LogP contribution in [0.5, 0.6) is 5.75 Å². The van der Waals surface area contributed by atoms with Crippen molar-refractivity contribution in [2.24, 2.45) is 0 Å². The molecule has 1 aromatic heterocycles. The lowest BCUT2D eigenvalue weighted by molar-refractivity contribution is 0.0180. The number of benzene rings is 1. The average Bonchev–Trinajstić information content (AvgIpc) is 2.59. The van der Waals surface area contributed by atoms with Gasteiger partial charge < -0.3 is 23.4 Å². The zero-order valence-electron chi connectivity index (χ0n) is 14.4. The molecule has 0 fully saturated rings. The van der Waals surface area contributed by atoms with E-state index in [2.05, 4.69) is 0 Å². The summed E-state index contributed by atoms with van der Waals surface area (Å²) in [5.41, 5.74) is -0.226. The van der Waals surface area contributed by atoms with Crippen LogP contribution in [0.3, 0.4) is 0 Å². The smallest absolute Gasteiger partial charge is 0.347 e. The standard InChI is InChI=1S/C18H22O7/c1-13(19)16-11-14-3-4-15(12-17(14)25-18(16)20)24-10-9-23-8-7-22-6-5-21-2/h3-4,11-12H,5-10H2,1-2H3. The number of carbonyl (C=O) groups is 1. The molecule has 0 saturated heterocycles. The lowest BCUT2D eigenvalue weighted by Crippen LogP contribution is -2.12. The predicted molar refractivity (Wildman–Crippen MR) is 91.5 cm³/mol. The molecule has 2 aromatic rings. The van der Waals surface area contributed by atoms with Crippen LogP contribution in [-0.2, 0) is 14.2 Å². The molecule has 136 valence electrons. The van der Waals surface area contributed by atoms with E-state index in [1.165, 1.54) is 13.0 Å². The maximum atomic E-state index is 11.7. The molecule has 0 aliphatic heterocycles. The molecule has 1 aromatic carbocycles. The third-order valence-electron chi connectivity index (χ3n) is 3.39. The molecule has 7 nitrogen and oxygen atoms in total. The van der Waals surface area contributed by atoms with E-state index >= 15 is 0 Å². The molecule has 2 rings (SSSR count). The summed E-state index contributed by atoms with van der Waals surface area (Å²) in [7, 11) is 1.62. The largest absolute Gasteiger partial charge is 0.491 e. The van der Waals surface area contributed by atoms with Gasteiger partial charge in [0.05, 0.1) is 33.0 Å². The number of Topliss-reactive ketones (excluding diaryl/α,β-unsaturated/α-hetero) is 1. The molecule has 0 radical (unpaired) electrons. The highest BCUT2D eigenvalue weighted by Crippen LogP contribution is 2.20. The predicted octanol–water partition coefficient (Wildman–Crippen LogP) is 2.05. The van der Waals surface area contributed by atoms with Crippen LogP contribution in [0.1, 0.15) is 17.3 Å². The van der Waals surface area contributed by atoms with Crippen LogP contribution in [0.25, 0.3) is 11.0 Å². The van der Waals surface area contributed by atoms with Crippen molar-refractivity contribution in [1.29, 1.82) is 0 Å². The molecule has 0 amide bonds. The van der Waals surface area contributed by atoms with Gasteiger partial charge in [-0.2, -0.15) is 0 Å². The Kier molecular flexibility index (Phi) is 7.59. The quantitative estimate of drug-likeness (QED) is 0.348. The lowest BCUT2D eigenvalue weighted by atomic mass is 10.1. The second-order valence-electron chi connectivity index (χ2n) is 5.27.